The van der Waals surface area contributed by atoms with Gasteiger partial charge in [0.2, 0.25) is 5.82 Å². The molecule has 0 aromatic heterocycles. The van der Waals surface area contributed by atoms with Crippen molar-refractivity contribution >= 4 is 0 Å². The number of aryl methyl sites for hydroxylation is 1. The molecule has 0 atom stereocenters. The SMILES string of the molecule is CCCCCc1ccc(-c2ccc(-c3ccc(OCCCCC4CCC(CC)CC4)c(F)c3F)cc2)cc1. The van der Waals surface area contributed by atoms with Crippen LogP contribution in [-0.2, 0) is 6.42 Å². The van der Waals surface area contributed by atoms with Crippen LogP contribution < -0.4 is 4.74 Å². The first-order valence-electron chi connectivity index (χ1n) is 14.9. The van der Waals surface area contributed by atoms with Gasteiger partial charge in [-0.1, -0.05) is 114 Å². The molecular formula is C35H44F2O. The number of ether oxygens (including phenoxy) is 1. The number of hydrogen-bond donors (Lipinski definition) is 0. The van der Waals surface area contributed by atoms with E-state index in [9.17, 15) is 8.78 Å². The Bertz CT molecular complexity index is 1110. The first-order chi connectivity index (χ1) is 18.6. The van der Waals surface area contributed by atoms with Gasteiger partial charge in [-0.2, -0.15) is 4.39 Å². The molecule has 1 nitrogen and oxygen atoms in total. The molecule has 1 saturated carbocycles. The smallest absolute Gasteiger partial charge is 0.201 e. The maximum absolute atomic E-state index is 15.0. The molecule has 0 aliphatic heterocycles. The van der Waals surface area contributed by atoms with Crippen LogP contribution in [0.4, 0.5) is 8.78 Å². The van der Waals surface area contributed by atoms with E-state index in [1.165, 1.54) is 63.4 Å². The Balaban J connectivity index is 1.28. The molecule has 3 heteroatoms. The summed E-state index contributed by atoms with van der Waals surface area (Å²) in [5.41, 5.74) is 4.46. The molecule has 0 heterocycles. The van der Waals surface area contributed by atoms with Crippen molar-refractivity contribution in [1.82, 2.24) is 0 Å². The van der Waals surface area contributed by atoms with Gasteiger partial charge in [0.05, 0.1) is 6.61 Å². The lowest BCUT2D eigenvalue weighted by atomic mass is 9.79. The highest BCUT2D eigenvalue weighted by Crippen LogP contribution is 2.34. The third kappa shape index (κ3) is 7.68. The van der Waals surface area contributed by atoms with Gasteiger partial charge in [-0.15, -0.1) is 0 Å². The summed E-state index contributed by atoms with van der Waals surface area (Å²) < 4.78 is 35.4. The Hall–Kier alpha value is -2.68. The standard InChI is InChI=1S/C35H44F2O/c1-3-5-6-9-28-15-17-29(18-16-28)30-19-21-31(22-20-30)32-23-24-33(35(37)34(32)36)38-25-8-7-10-27-13-11-26(4-2)12-14-27/h15-24,26-27H,3-14,25H2,1-2H3. The lowest BCUT2D eigenvalue weighted by molar-refractivity contribution is 0.242. The molecule has 0 saturated heterocycles. The van der Waals surface area contributed by atoms with E-state index in [1.807, 2.05) is 24.3 Å². The summed E-state index contributed by atoms with van der Waals surface area (Å²) >= 11 is 0. The second-order valence-electron chi connectivity index (χ2n) is 11.1. The van der Waals surface area contributed by atoms with Crippen molar-refractivity contribution in [2.45, 2.75) is 90.9 Å². The molecule has 0 bridgehead atoms. The molecule has 4 rings (SSSR count). The zero-order valence-electron chi connectivity index (χ0n) is 23.3. The third-order valence-corrected chi connectivity index (χ3v) is 8.41. The van der Waals surface area contributed by atoms with Gasteiger partial charge in [0.1, 0.15) is 0 Å². The summed E-state index contributed by atoms with van der Waals surface area (Å²) in [4.78, 5) is 0. The van der Waals surface area contributed by atoms with Crippen LogP contribution in [0, 0.1) is 23.5 Å². The van der Waals surface area contributed by atoms with Crippen molar-refractivity contribution in [2.75, 3.05) is 6.61 Å². The zero-order chi connectivity index (χ0) is 26.7. The number of hydrogen-bond acceptors (Lipinski definition) is 1. The van der Waals surface area contributed by atoms with Crippen LogP contribution in [0.2, 0.25) is 0 Å². The molecule has 3 aromatic rings. The fraction of sp³-hybridized carbons (Fsp3) is 0.486. The molecule has 0 spiro atoms. The van der Waals surface area contributed by atoms with Crippen molar-refractivity contribution in [1.29, 1.82) is 0 Å². The number of rotatable bonds is 13. The summed E-state index contributed by atoms with van der Waals surface area (Å²) in [7, 11) is 0. The lowest BCUT2D eigenvalue weighted by Gasteiger charge is -2.27. The predicted molar refractivity (Wildman–Crippen MR) is 156 cm³/mol. The number of halogens is 2. The van der Waals surface area contributed by atoms with Crippen LogP contribution in [0.5, 0.6) is 5.75 Å². The first-order valence-corrected chi connectivity index (χ1v) is 14.9. The molecule has 0 amide bonds. The van der Waals surface area contributed by atoms with Crippen molar-refractivity contribution in [3.8, 4) is 28.0 Å². The molecule has 1 aliphatic carbocycles. The van der Waals surface area contributed by atoms with E-state index in [0.717, 1.165) is 42.2 Å². The molecule has 0 unspecified atom stereocenters. The maximum Gasteiger partial charge on any atom is 0.201 e. The van der Waals surface area contributed by atoms with E-state index in [0.29, 0.717) is 12.2 Å². The van der Waals surface area contributed by atoms with Gasteiger partial charge < -0.3 is 4.74 Å². The van der Waals surface area contributed by atoms with Crippen molar-refractivity contribution < 1.29 is 13.5 Å². The van der Waals surface area contributed by atoms with E-state index in [1.54, 1.807) is 12.1 Å². The molecular weight excluding hydrogens is 474 g/mol. The Morgan fingerprint density at radius 1 is 0.658 bits per heavy atom. The molecule has 38 heavy (non-hydrogen) atoms. The largest absolute Gasteiger partial charge is 0.490 e. The Morgan fingerprint density at radius 2 is 1.29 bits per heavy atom. The van der Waals surface area contributed by atoms with Gasteiger partial charge in [-0.25, -0.2) is 4.39 Å². The van der Waals surface area contributed by atoms with Gasteiger partial charge in [-0.05, 0) is 71.9 Å². The van der Waals surface area contributed by atoms with Gasteiger partial charge in [0, 0.05) is 5.56 Å². The fourth-order valence-electron chi connectivity index (χ4n) is 5.80. The number of unbranched alkanes of at least 4 members (excludes halogenated alkanes) is 3. The summed E-state index contributed by atoms with van der Waals surface area (Å²) in [6.45, 7) is 4.93. The normalized spacial score (nSPS) is 17.5. The molecule has 0 N–H and O–H groups in total. The highest BCUT2D eigenvalue weighted by Gasteiger charge is 2.20. The summed E-state index contributed by atoms with van der Waals surface area (Å²) in [6, 6.07) is 19.5. The van der Waals surface area contributed by atoms with Crippen LogP contribution in [0.1, 0.15) is 90.0 Å². The highest BCUT2D eigenvalue weighted by atomic mass is 19.2. The summed E-state index contributed by atoms with van der Waals surface area (Å²) in [5.74, 6) is 0.00562. The van der Waals surface area contributed by atoms with E-state index >= 15 is 0 Å². The summed E-state index contributed by atoms with van der Waals surface area (Å²) in [5, 5.41) is 0. The third-order valence-electron chi connectivity index (χ3n) is 8.41. The quantitative estimate of drug-likeness (QED) is 0.204. The average Bonchev–Trinajstić information content (AvgIpc) is 2.96. The second kappa shape index (κ2) is 14.5. The van der Waals surface area contributed by atoms with Crippen molar-refractivity contribution in [3.63, 3.8) is 0 Å². The minimum absolute atomic E-state index is 0.00495. The predicted octanol–water partition coefficient (Wildman–Crippen LogP) is 10.8. The average molecular weight is 519 g/mol. The number of benzene rings is 3. The van der Waals surface area contributed by atoms with E-state index in [-0.39, 0.29) is 11.3 Å². The minimum atomic E-state index is -0.900. The molecule has 0 radical (unpaired) electrons. The molecule has 1 aliphatic rings. The Morgan fingerprint density at radius 3 is 1.95 bits per heavy atom. The van der Waals surface area contributed by atoms with E-state index in [4.69, 9.17) is 4.74 Å². The Kier molecular flexibility index (Phi) is 10.8. The maximum atomic E-state index is 15.0. The van der Waals surface area contributed by atoms with E-state index < -0.39 is 11.6 Å². The zero-order valence-corrected chi connectivity index (χ0v) is 23.3. The topological polar surface area (TPSA) is 9.23 Å². The molecule has 3 aromatic carbocycles. The van der Waals surface area contributed by atoms with E-state index in [2.05, 4.69) is 38.1 Å². The van der Waals surface area contributed by atoms with Crippen molar-refractivity contribution in [3.05, 3.63) is 77.9 Å². The molecule has 1 fully saturated rings. The minimum Gasteiger partial charge on any atom is -0.490 e. The van der Waals surface area contributed by atoms with Gasteiger partial charge >= 0.3 is 0 Å². The van der Waals surface area contributed by atoms with Crippen LogP contribution in [0.15, 0.2) is 60.7 Å². The highest BCUT2D eigenvalue weighted by molar-refractivity contribution is 5.71. The lowest BCUT2D eigenvalue weighted by Crippen LogP contribution is -2.14. The first kappa shape index (κ1) is 28.3. The van der Waals surface area contributed by atoms with Crippen LogP contribution in [-0.4, -0.2) is 6.61 Å². The monoisotopic (exact) mass is 518 g/mol. The van der Waals surface area contributed by atoms with Gasteiger partial charge in [0.25, 0.3) is 0 Å². The van der Waals surface area contributed by atoms with Crippen molar-refractivity contribution in [2.24, 2.45) is 11.8 Å². The Labute approximate surface area is 228 Å². The fourth-order valence-corrected chi connectivity index (χ4v) is 5.80. The second-order valence-corrected chi connectivity index (χ2v) is 11.1. The van der Waals surface area contributed by atoms with Crippen LogP contribution in [0.3, 0.4) is 0 Å². The molecule has 204 valence electrons. The summed E-state index contributed by atoms with van der Waals surface area (Å²) in [6.07, 6.45) is 14.7. The van der Waals surface area contributed by atoms with Gasteiger partial charge in [0.15, 0.2) is 11.6 Å². The van der Waals surface area contributed by atoms with Crippen LogP contribution >= 0.6 is 0 Å². The van der Waals surface area contributed by atoms with Gasteiger partial charge in [-0.3, -0.25) is 0 Å². The van der Waals surface area contributed by atoms with Crippen LogP contribution in [0.25, 0.3) is 22.3 Å².